The molecule has 0 aliphatic carbocycles. The van der Waals surface area contributed by atoms with Crippen LogP contribution >= 0.6 is 11.3 Å². The molecule has 3 N–H and O–H groups in total. The SMILES string of the molecule is Cc1nc(N)sc1C(=O)N1C2CCC1CC(CC(=O)O)C2. The zero-order valence-electron chi connectivity index (χ0n) is 11.9. The van der Waals surface area contributed by atoms with E-state index in [2.05, 4.69) is 4.98 Å². The quantitative estimate of drug-likeness (QED) is 0.888. The number of amides is 1. The summed E-state index contributed by atoms with van der Waals surface area (Å²) in [5.41, 5.74) is 6.37. The third-order valence-electron chi connectivity index (χ3n) is 4.54. The summed E-state index contributed by atoms with van der Waals surface area (Å²) in [6.45, 7) is 1.80. The maximum absolute atomic E-state index is 12.7. The van der Waals surface area contributed by atoms with E-state index in [1.54, 1.807) is 6.92 Å². The minimum absolute atomic E-state index is 0.0166. The largest absolute Gasteiger partial charge is 0.481 e. The van der Waals surface area contributed by atoms with Crippen molar-refractivity contribution in [1.82, 2.24) is 9.88 Å². The van der Waals surface area contributed by atoms with Crippen molar-refractivity contribution in [3.05, 3.63) is 10.6 Å². The van der Waals surface area contributed by atoms with Crippen molar-refractivity contribution in [1.29, 1.82) is 0 Å². The van der Waals surface area contributed by atoms with E-state index in [0.717, 1.165) is 25.7 Å². The lowest BCUT2D eigenvalue weighted by molar-refractivity contribution is -0.138. The van der Waals surface area contributed by atoms with Crippen LogP contribution in [-0.4, -0.2) is 39.0 Å². The first kappa shape index (κ1) is 14.3. The fraction of sp³-hybridized carbons (Fsp3) is 0.643. The number of carbonyl (C=O) groups is 2. The minimum Gasteiger partial charge on any atom is -0.481 e. The molecule has 0 spiro atoms. The van der Waals surface area contributed by atoms with Crippen molar-refractivity contribution < 1.29 is 14.7 Å². The van der Waals surface area contributed by atoms with Gasteiger partial charge in [-0.3, -0.25) is 9.59 Å². The standard InChI is InChI=1S/C14H19N3O3S/c1-7-12(21-14(15)16-7)13(20)17-9-2-3-10(17)5-8(4-9)6-11(18)19/h8-10H,2-6H2,1H3,(H2,15,16)(H,18,19). The van der Waals surface area contributed by atoms with Gasteiger partial charge >= 0.3 is 5.97 Å². The lowest BCUT2D eigenvalue weighted by Crippen LogP contribution is -2.46. The molecule has 2 aliphatic heterocycles. The Balaban J connectivity index is 1.77. The molecule has 3 rings (SSSR count). The number of anilines is 1. The highest BCUT2D eigenvalue weighted by Crippen LogP contribution is 2.41. The number of hydrogen-bond donors (Lipinski definition) is 2. The van der Waals surface area contributed by atoms with Crippen molar-refractivity contribution in [3.63, 3.8) is 0 Å². The maximum atomic E-state index is 12.7. The smallest absolute Gasteiger partial charge is 0.303 e. The molecule has 6 nitrogen and oxygen atoms in total. The van der Waals surface area contributed by atoms with Gasteiger partial charge in [0.15, 0.2) is 5.13 Å². The zero-order valence-corrected chi connectivity index (χ0v) is 12.7. The van der Waals surface area contributed by atoms with Crippen molar-refractivity contribution in [3.8, 4) is 0 Å². The first-order valence-corrected chi connectivity index (χ1v) is 8.04. The van der Waals surface area contributed by atoms with E-state index in [1.807, 2.05) is 4.90 Å². The van der Waals surface area contributed by atoms with Crippen LogP contribution in [0.2, 0.25) is 0 Å². The summed E-state index contributed by atoms with van der Waals surface area (Å²) in [6.07, 6.45) is 3.74. The Morgan fingerprint density at radius 2 is 2.00 bits per heavy atom. The summed E-state index contributed by atoms with van der Waals surface area (Å²) >= 11 is 1.24. The van der Waals surface area contributed by atoms with Gasteiger partial charge in [-0.25, -0.2) is 4.98 Å². The van der Waals surface area contributed by atoms with E-state index in [0.29, 0.717) is 15.7 Å². The number of aromatic nitrogens is 1. The van der Waals surface area contributed by atoms with Crippen LogP contribution in [0.25, 0.3) is 0 Å². The number of nitrogens with two attached hydrogens (primary N) is 1. The predicted octanol–water partition coefficient (Wildman–Crippen LogP) is 1.89. The van der Waals surface area contributed by atoms with Crippen LogP contribution < -0.4 is 5.73 Å². The molecule has 1 aromatic heterocycles. The fourth-order valence-corrected chi connectivity index (χ4v) is 4.55. The van der Waals surface area contributed by atoms with E-state index >= 15 is 0 Å². The molecule has 1 amide bonds. The molecule has 0 aromatic carbocycles. The summed E-state index contributed by atoms with van der Waals surface area (Å²) < 4.78 is 0. The van der Waals surface area contributed by atoms with E-state index in [9.17, 15) is 9.59 Å². The second-order valence-electron chi connectivity index (χ2n) is 6.00. The lowest BCUT2D eigenvalue weighted by atomic mass is 9.88. The predicted molar refractivity (Wildman–Crippen MR) is 79.2 cm³/mol. The maximum Gasteiger partial charge on any atom is 0.303 e. The van der Waals surface area contributed by atoms with Gasteiger partial charge in [-0.2, -0.15) is 0 Å². The molecule has 2 atom stereocenters. The zero-order chi connectivity index (χ0) is 15.1. The average Bonchev–Trinajstić information content (AvgIpc) is 2.85. The van der Waals surface area contributed by atoms with Crippen molar-refractivity contribution in [2.75, 3.05) is 5.73 Å². The molecule has 1 aromatic rings. The molecular weight excluding hydrogens is 290 g/mol. The number of aryl methyl sites for hydroxylation is 1. The molecule has 114 valence electrons. The van der Waals surface area contributed by atoms with Crippen LogP contribution in [0.1, 0.15) is 47.5 Å². The van der Waals surface area contributed by atoms with E-state index < -0.39 is 5.97 Å². The van der Waals surface area contributed by atoms with Gasteiger partial charge in [0.1, 0.15) is 4.88 Å². The van der Waals surface area contributed by atoms with Crippen molar-refractivity contribution in [2.24, 2.45) is 5.92 Å². The molecule has 2 fully saturated rings. The van der Waals surface area contributed by atoms with Crippen LogP contribution in [0.15, 0.2) is 0 Å². The van der Waals surface area contributed by atoms with E-state index in [-0.39, 0.29) is 30.3 Å². The molecular formula is C14H19N3O3S. The highest BCUT2D eigenvalue weighted by molar-refractivity contribution is 7.17. The Bertz CT molecular complexity index is 572. The van der Waals surface area contributed by atoms with Gasteiger partial charge in [0.2, 0.25) is 0 Å². The van der Waals surface area contributed by atoms with Gasteiger partial charge in [0.25, 0.3) is 5.91 Å². The first-order chi connectivity index (χ1) is 9.95. The second kappa shape index (κ2) is 5.29. The number of carboxylic acid groups (broad SMARTS) is 1. The van der Waals surface area contributed by atoms with Gasteiger partial charge in [-0.05, 0) is 38.5 Å². The number of fused-ring (bicyclic) bond motifs is 2. The van der Waals surface area contributed by atoms with Crippen LogP contribution in [-0.2, 0) is 4.79 Å². The van der Waals surface area contributed by atoms with Gasteiger partial charge in [-0.15, -0.1) is 0 Å². The van der Waals surface area contributed by atoms with Gasteiger partial charge in [-0.1, -0.05) is 11.3 Å². The molecule has 0 saturated carbocycles. The van der Waals surface area contributed by atoms with Gasteiger partial charge in [0, 0.05) is 18.5 Å². The van der Waals surface area contributed by atoms with Crippen molar-refractivity contribution >= 4 is 28.3 Å². The summed E-state index contributed by atoms with van der Waals surface area (Å²) in [4.78, 5) is 30.3. The summed E-state index contributed by atoms with van der Waals surface area (Å²) in [7, 11) is 0. The summed E-state index contributed by atoms with van der Waals surface area (Å²) in [5.74, 6) is -0.537. The minimum atomic E-state index is -0.745. The summed E-state index contributed by atoms with van der Waals surface area (Å²) in [5, 5.41) is 9.37. The molecule has 3 heterocycles. The number of carboxylic acids is 1. The number of nitrogens with zero attached hydrogens (tertiary/aromatic N) is 2. The Hall–Kier alpha value is -1.63. The molecule has 2 unspecified atom stereocenters. The molecule has 2 aliphatic rings. The molecule has 21 heavy (non-hydrogen) atoms. The third kappa shape index (κ3) is 2.62. The van der Waals surface area contributed by atoms with Crippen molar-refractivity contribution in [2.45, 2.75) is 51.1 Å². The van der Waals surface area contributed by atoms with Gasteiger partial charge in [0.05, 0.1) is 5.69 Å². The molecule has 2 bridgehead atoms. The Kier molecular flexibility index (Phi) is 3.61. The number of nitrogen functional groups attached to an aromatic ring is 1. The number of aliphatic carboxylic acids is 1. The third-order valence-corrected chi connectivity index (χ3v) is 5.51. The first-order valence-electron chi connectivity index (χ1n) is 7.23. The lowest BCUT2D eigenvalue weighted by Gasteiger charge is -2.38. The highest BCUT2D eigenvalue weighted by Gasteiger charge is 2.44. The number of thiazole rings is 1. The van der Waals surface area contributed by atoms with E-state index in [4.69, 9.17) is 10.8 Å². The Morgan fingerprint density at radius 3 is 2.48 bits per heavy atom. The molecule has 2 saturated heterocycles. The van der Waals surface area contributed by atoms with Crippen LogP contribution in [0.5, 0.6) is 0 Å². The second-order valence-corrected chi connectivity index (χ2v) is 7.03. The molecule has 0 radical (unpaired) electrons. The van der Waals surface area contributed by atoms with Crippen LogP contribution in [0.3, 0.4) is 0 Å². The summed E-state index contributed by atoms with van der Waals surface area (Å²) in [6, 6.07) is 0.339. The van der Waals surface area contributed by atoms with Crippen LogP contribution in [0.4, 0.5) is 5.13 Å². The topological polar surface area (TPSA) is 96.5 Å². The fourth-order valence-electron chi connectivity index (χ4n) is 3.77. The van der Waals surface area contributed by atoms with Gasteiger partial charge < -0.3 is 15.7 Å². The van der Waals surface area contributed by atoms with Crippen LogP contribution in [0, 0.1) is 12.8 Å². The monoisotopic (exact) mass is 309 g/mol. The average molecular weight is 309 g/mol. The number of hydrogen-bond acceptors (Lipinski definition) is 5. The number of piperidine rings is 1. The Labute approximate surface area is 127 Å². The normalized spacial score (nSPS) is 27.9. The van der Waals surface area contributed by atoms with E-state index in [1.165, 1.54) is 11.3 Å². The number of carbonyl (C=O) groups excluding carboxylic acids is 1. The molecule has 7 heteroatoms. The number of rotatable bonds is 3. The highest BCUT2D eigenvalue weighted by atomic mass is 32.1. The Morgan fingerprint density at radius 1 is 1.38 bits per heavy atom.